The van der Waals surface area contributed by atoms with E-state index in [2.05, 4.69) is 4.90 Å². The second-order valence-electron chi connectivity index (χ2n) is 6.48. The van der Waals surface area contributed by atoms with Gasteiger partial charge < -0.3 is 30.5 Å². The number of nitrogens with two attached hydrogens (primary N) is 1. The summed E-state index contributed by atoms with van der Waals surface area (Å²) in [7, 11) is 0. The van der Waals surface area contributed by atoms with Crippen molar-refractivity contribution in [3.05, 3.63) is 30.1 Å². The van der Waals surface area contributed by atoms with Gasteiger partial charge in [-0.25, -0.2) is 4.39 Å². The lowest BCUT2D eigenvalue weighted by atomic mass is 10.0. The van der Waals surface area contributed by atoms with Crippen molar-refractivity contribution in [1.82, 2.24) is 4.90 Å². The minimum Gasteiger partial charge on any atom is -0.388 e. The molecule has 0 aliphatic carbocycles. The van der Waals surface area contributed by atoms with E-state index in [1.807, 2.05) is 0 Å². The second kappa shape index (κ2) is 7.65. The molecule has 138 valence electrons. The smallest absolute Gasteiger partial charge is 0.225 e. The number of carbonyl (C=O) groups is 1. The molecule has 1 aromatic rings. The molecular weight excluding hydrogens is 329 g/mol. The van der Waals surface area contributed by atoms with E-state index < -0.39 is 24.4 Å². The van der Waals surface area contributed by atoms with Gasteiger partial charge in [-0.2, -0.15) is 0 Å². The van der Waals surface area contributed by atoms with E-state index in [1.165, 1.54) is 12.1 Å². The molecule has 1 amide bonds. The van der Waals surface area contributed by atoms with Crippen LogP contribution in [0.3, 0.4) is 0 Å². The van der Waals surface area contributed by atoms with Crippen LogP contribution in [0.5, 0.6) is 0 Å². The maximum Gasteiger partial charge on any atom is 0.225 e. The molecule has 3 rings (SSSR count). The Labute approximate surface area is 145 Å². The van der Waals surface area contributed by atoms with Gasteiger partial charge in [0.05, 0.1) is 18.6 Å². The first-order chi connectivity index (χ1) is 12.0. The largest absolute Gasteiger partial charge is 0.388 e. The van der Waals surface area contributed by atoms with Crippen LogP contribution < -0.4 is 10.6 Å². The van der Waals surface area contributed by atoms with Gasteiger partial charge >= 0.3 is 0 Å². The molecule has 0 bridgehead atoms. The first kappa shape index (κ1) is 18.1. The number of benzene rings is 1. The van der Waals surface area contributed by atoms with Gasteiger partial charge in [-0.05, 0) is 24.3 Å². The van der Waals surface area contributed by atoms with Crippen molar-refractivity contribution in [2.45, 2.75) is 30.8 Å². The Balaban J connectivity index is 1.51. The molecule has 2 heterocycles. The van der Waals surface area contributed by atoms with Crippen LogP contribution in [0.25, 0.3) is 0 Å². The quantitative estimate of drug-likeness (QED) is 0.663. The Bertz CT molecular complexity index is 592. The molecular formula is C17H24FN3O4. The summed E-state index contributed by atoms with van der Waals surface area (Å²) in [6.45, 7) is 2.49. The zero-order valence-electron chi connectivity index (χ0n) is 13.9. The monoisotopic (exact) mass is 353 g/mol. The standard InChI is InChI=1S/C17H24FN3O4/c18-11-1-3-12(4-2-11)20-5-7-21(8-6-20)15(22)9-13-16(23)17(24)14(10-19)25-13/h1-4,13-14,16-17,23-24H,5-10,19H2. The normalized spacial score (nSPS) is 29.9. The molecule has 25 heavy (non-hydrogen) atoms. The second-order valence-corrected chi connectivity index (χ2v) is 6.48. The summed E-state index contributed by atoms with van der Waals surface area (Å²) in [6.07, 6.45) is -3.50. The summed E-state index contributed by atoms with van der Waals surface area (Å²) < 4.78 is 18.5. The van der Waals surface area contributed by atoms with Gasteiger partial charge in [0.25, 0.3) is 0 Å². The van der Waals surface area contributed by atoms with E-state index in [1.54, 1.807) is 17.0 Å². The van der Waals surface area contributed by atoms with E-state index in [4.69, 9.17) is 10.5 Å². The SMILES string of the molecule is NCC1OC(CC(=O)N2CCN(c3ccc(F)cc3)CC2)C(O)C1O. The van der Waals surface area contributed by atoms with Crippen molar-refractivity contribution >= 4 is 11.6 Å². The van der Waals surface area contributed by atoms with Crippen molar-refractivity contribution in [2.24, 2.45) is 5.73 Å². The highest BCUT2D eigenvalue weighted by atomic mass is 19.1. The third-order valence-electron chi connectivity index (χ3n) is 4.89. The molecule has 2 aliphatic rings. The number of amides is 1. The fourth-order valence-corrected chi connectivity index (χ4v) is 3.36. The highest BCUT2D eigenvalue weighted by molar-refractivity contribution is 5.77. The topological polar surface area (TPSA) is 99.3 Å². The molecule has 4 N–H and O–H groups in total. The number of carbonyl (C=O) groups excluding carboxylic acids is 1. The number of ether oxygens (including phenoxy) is 1. The number of piperazine rings is 1. The lowest BCUT2D eigenvalue weighted by Gasteiger charge is -2.36. The summed E-state index contributed by atoms with van der Waals surface area (Å²) in [4.78, 5) is 16.3. The molecule has 0 spiro atoms. The summed E-state index contributed by atoms with van der Waals surface area (Å²) in [5.41, 5.74) is 6.41. The van der Waals surface area contributed by atoms with Crippen molar-refractivity contribution < 1.29 is 24.1 Å². The number of aliphatic hydroxyl groups excluding tert-OH is 2. The molecule has 2 fully saturated rings. The van der Waals surface area contributed by atoms with Gasteiger partial charge in [0, 0.05) is 38.4 Å². The van der Waals surface area contributed by atoms with Crippen LogP contribution in [0, 0.1) is 5.82 Å². The first-order valence-electron chi connectivity index (χ1n) is 8.49. The highest BCUT2D eigenvalue weighted by Crippen LogP contribution is 2.24. The third kappa shape index (κ3) is 3.92. The summed E-state index contributed by atoms with van der Waals surface area (Å²) >= 11 is 0. The maximum absolute atomic E-state index is 13.0. The Hall–Kier alpha value is -1.74. The molecule has 0 radical (unpaired) electrons. The molecule has 0 saturated carbocycles. The fraction of sp³-hybridized carbons (Fsp3) is 0.588. The summed E-state index contributed by atoms with van der Waals surface area (Å²) in [5.74, 6) is -0.390. The lowest BCUT2D eigenvalue weighted by molar-refractivity contribution is -0.135. The number of halogens is 1. The third-order valence-corrected chi connectivity index (χ3v) is 4.89. The molecule has 0 aromatic heterocycles. The zero-order chi connectivity index (χ0) is 18.0. The number of anilines is 1. The van der Waals surface area contributed by atoms with Crippen molar-refractivity contribution in [3.63, 3.8) is 0 Å². The molecule has 4 atom stereocenters. The number of nitrogens with zero attached hydrogens (tertiary/aromatic N) is 2. The van der Waals surface area contributed by atoms with Crippen LogP contribution in [0.15, 0.2) is 24.3 Å². The van der Waals surface area contributed by atoms with E-state index in [-0.39, 0.29) is 24.7 Å². The Morgan fingerprint density at radius 2 is 1.72 bits per heavy atom. The molecule has 4 unspecified atom stereocenters. The van der Waals surface area contributed by atoms with E-state index >= 15 is 0 Å². The van der Waals surface area contributed by atoms with Gasteiger partial charge in [-0.3, -0.25) is 4.79 Å². The fourth-order valence-electron chi connectivity index (χ4n) is 3.36. The van der Waals surface area contributed by atoms with Gasteiger partial charge in [0.1, 0.15) is 18.0 Å². The van der Waals surface area contributed by atoms with Crippen molar-refractivity contribution in [1.29, 1.82) is 0 Å². The highest BCUT2D eigenvalue weighted by Gasteiger charge is 2.43. The first-order valence-corrected chi connectivity index (χ1v) is 8.49. The van der Waals surface area contributed by atoms with Crippen molar-refractivity contribution in [2.75, 3.05) is 37.6 Å². The van der Waals surface area contributed by atoms with E-state index in [0.717, 1.165) is 5.69 Å². The van der Waals surface area contributed by atoms with Crippen LogP contribution in [-0.2, 0) is 9.53 Å². The maximum atomic E-state index is 13.0. The van der Waals surface area contributed by atoms with Crippen LogP contribution in [0.4, 0.5) is 10.1 Å². The summed E-state index contributed by atoms with van der Waals surface area (Å²) in [5, 5.41) is 19.8. The average Bonchev–Trinajstić information content (AvgIpc) is 2.90. The van der Waals surface area contributed by atoms with Crippen molar-refractivity contribution in [3.8, 4) is 0 Å². The van der Waals surface area contributed by atoms with Gasteiger partial charge in [0.2, 0.25) is 5.91 Å². The Morgan fingerprint density at radius 3 is 2.28 bits per heavy atom. The number of hydrogen-bond donors (Lipinski definition) is 3. The zero-order valence-corrected chi connectivity index (χ0v) is 13.9. The van der Waals surface area contributed by atoms with Crippen LogP contribution >= 0.6 is 0 Å². The van der Waals surface area contributed by atoms with Crippen LogP contribution in [0.2, 0.25) is 0 Å². The number of hydrogen-bond acceptors (Lipinski definition) is 6. The van der Waals surface area contributed by atoms with Crippen LogP contribution in [0.1, 0.15) is 6.42 Å². The molecule has 8 heteroatoms. The predicted octanol–water partition coefficient (Wildman–Crippen LogP) is -0.688. The van der Waals surface area contributed by atoms with Gasteiger partial charge in [0.15, 0.2) is 0 Å². The molecule has 7 nitrogen and oxygen atoms in total. The number of aliphatic hydroxyl groups is 2. The lowest BCUT2D eigenvalue weighted by Crippen LogP contribution is -2.49. The molecule has 1 aromatic carbocycles. The molecule has 2 aliphatic heterocycles. The number of rotatable bonds is 4. The Kier molecular flexibility index (Phi) is 5.53. The van der Waals surface area contributed by atoms with E-state index in [9.17, 15) is 19.4 Å². The predicted molar refractivity (Wildman–Crippen MR) is 89.5 cm³/mol. The van der Waals surface area contributed by atoms with E-state index in [0.29, 0.717) is 26.2 Å². The van der Waals surface area contributed by atoms with Gasteiger partial charge in [-0.15, -0.1) is 0 Å². The van der Waals surface area contributed by atoms with Gasteiger partial charge in [-0.1, -0.05) is 0 Å². The van der Waals surface area contributed by atoms with Crippen LogP contribution in [-0.4, -0.2) is 78.2 Å². The average molecular weight is 353 g/mol. The molecule has 2 saturated heterocycles. The minimum atomic E-state index is -1.10. The summed E-state index contributed by atoms with van der Waals surface area (Å²) in [6, 6.07) is 6.30. The minimum absolute atomic E-state index is 0.0191. The Morgan fingerprint density at radius 1 is 1.12 bits per heavy atom.